The summed E-state index contributed by atoms with van der Waals surface area (Å²) < 4.78 is 7.67. The van der Waals surface area contributed by atoms with Gasteiger partial charge in [-0.2, -0.15) is 5.10 Å². The number of carbonyl (C=O) groups is 1. The van der Waals surface area contributed by atoms with Crippen molar-refractivity contribution in [1.29, 1.82) is 0 Å². The minimum atomic E-state index is -1.03. The van der Waals surface area contributed by atoms with Gasteiger partial charge in [0.05, 0.1) is 36.9 Å². The number of anilines is 2. The lowest BCUT2D eigenvalue weighted by molar-refractivity contribution is 0.0303. The van der Waals surface area contributed by atoms with E-state index in [0.29, 0.717) is 23.7 Å². The van der Waals surface area contributed by atoms with E-state index in [1.165, 1.54) is 7.05 Å². The highest BCUT2D eigenvalue weighted by Crippen LogP contribution is 2.33. The first-order chi connectivity index (χ1) is 15.0. The minimum Gasteiger partial charge on any atom is -0.465 e. The molecule has 31 heavy (non-hydrogen) atoms. The number of rotatable bonds is 5. The molecule has 0 radical (unpaired) electrons. The zero-order valence-electron chi connectivity index (χ0n) is 17.2. The highest BCUT2D eigenvalue weighted by atomic mass is 16.5. The second-order valence-electron chi connectivity index (χ2n) is 7.95. The SMILES string of the molecule is CN(C(=O)O)c1ccc(-c2nc(N3CC4CCC(C3)O4)c3cnn(CCO)c3n2)cc1. The Morgan fingerprint density at radius 1 is 1.19 bits per heavy atom. The molecule has 10 heteroatoms. The number of hydrogen-bond acceptors (Lipinski definition) is 7. The summed E-state index contributed by atoms with van der Waals surface area (Å²) >= 11 is 0. The number of aromatic nitrogens is 4. The number of amides is 1. The van der Waals surface area contributed by atoms with E-state index in [2.05, 4.69) is 10.00 Å². The summed E-state index contributed by atoms with van der Waals surface area (Å²) in [5.74, 6) is 1.35. The van der Waals surface area contributed by atoms with Crippen LogP contribution in [-0.4, -0.2) is 75.0 Å². The van der Waals surface area contributed by atoms with Crippen molar-refractivity contribution in [2.45, 2.75) is 31.6 Å². The van der Waals surface area contributed by atoms with Crippen LogP contribution in [0, 0.1) is 0 Å². The van der Waals surface area contributed by atoms with Gasteiger partial charge >= 0.3 is 6.09 Å². The van der Waals surface area contributed by atoms with E-state index in [0.717, 1.165) is 47.6 Å². The molecule has 2 aliphatic heterocycles. The molecular formula is C21H24N6O4. The molecule has 2 unspecified atom stereocenters. The fourth-order valence-electron chi connectivity index (χ4n) is 4.30. The Labute approximate surface area is 178 Å². The maximum Gasteiger partial charge on any atom is 0.411 e. The van der Waals surface area contributed by atoms with Crippen LogP contribution in [0.2, 0.25) is 0 Å². The molecule has 2 fully saturated rings. The first-order valence-corrected chi connectivity index (χ1v) is 10.4. The highest BCUT2D eigenvalue weighted by molar-refractivity contribution is 5.89. The van der Waals surface area contributed by atoms with Crippen LogP contribution in [0.4, 0.5) is 16.3 Å². The van der Waals surface area contributed by atoms with Crippen LogP contribution >= 0.6 is 0 Å². The zero-order valence-corrected chi connectivity index (χ0v) is 17.2. The molecule has 0 saturated carbocycles. The van der Waals surface area contributed by atoms with Gasteiger partial charge in [-0.05, 0) is 37.1 Å². The summed E-state index contributed by atoms with van der Waals surface area (Å²) in [6.45, 7) is 1.85. The summed E-state index contributed by atoms with van der Waals surface area (Å²) in [6.07, 6.45) is 3.28. The zero-order chi connectivity index (χ0) is 21.5. The van der Waals surface area contributed by atoms with Crippen LogP contribution in [0.15, 0.2) is 30.5 Å². The van der Waals surface area contributed by atoms with Crippen LogP contribution in [-0.2, 0) is 11.3 Å². The smallest absolute Gasteiger partial charge is 0.411 e. The summed E-state index contributed by atoms with van der Waals surface area (Å²) in [6, 6.07) is 7.10. The third-order valence-electron chi connectivity index (χ3n) is 5.93. The second kappa shape index (κ2) is 7.78. The monoisotopic (exact) mass is 424 g/mol. The molecule has 4 heterocycles. The standard InChI is InChI=1S/C21H24N6O4/c1-25(21(29)30)14-4-2-13(3-5-14)18-23-19(26-11-15-6-7-16(12-26)31-15)17-10-22-27(8-9-28)20(17)24-18/h2-5,10,15-16,28H,6-9,11-12H2,1H3,(H,29,30). The van der Waals surface area contributed by atoms with Crippen molar-refractivity contribution in [3.05, 3.63) is 30.5 Å². The lowest BCUT2D eigenvalue weighted by Crippen LogP contribution is -2.43. The Morgan fingerprint density at radius 2 is 1.90 bits per heavy atom. The van der Waals surface area contributed by atoms with E-state index in [1.807, 2.05) is 12.1 Å². The molecule has 10 nitrogen and oxygen atoms in total. The largest absolute Gasteiger partial charge is 0.465 e. The van der Waals surface area contributed by atoms with Gasteiger partial charge in [0, 0.05) is 31.4 Å². The Morgan fingerprint density at radius 3 is 2.55 bits per heavy atom. The second-order valence-corrected chi connectivity index (χ2v) is 7.95. The molecule has 3 aromatic rings. The number of ether oxygens (including phenoxy) is 1. The van der Waals surface area contributed by atoms with Gasteiger partial charge in [0.1, 0.15) is 5.82 Å². The summed E-state index contributed by atoms with van der Waals surface area (Å²) in [4.78, 5) is 24.2. The van der Waals surface area contributed by atoms with Gasteiger partial charge < -0.3 is 19.8 Å². The van der Waals surface area contributed by atoms with Gasteiger partial charge in [-0.3, -0.25) is 4.90 Å². The number of aliphatic hydroxyl groups is 1. The Bertz CT molecular complexity index is 1100. The van der Waals surface area contributed by atoms with Gasteiger partial charge in [0.25, 0.3) is 0 Å². The summed E-state index contributed by atoms with van der Waals surface area (Å²) in [5, 5.41) is 23.9. The third kappa shape index (κ3) is 3.57. The van der Waals surface area contributed by atoms with Crippen LogP contribution in [0.25, 0.3) is 22.4 Å². The van der Waals surface area contributed by atoms with Crippen molar-refractivity contribution in [3.63, 3.8) is 0 Å². The lowest BCUT2D eigenvalue weighted by atomic mass is 10.1. The number of aliphatic hydroxyl groups excluding tert-OH is 1. The average molecular weight is 424 g/mol. The summed E-state index contributed by atoms with van der Waals surface area (Å²) in [7, 11) is 1.50. The number of hydrogen-bond donors (Lipinski definition) is 2. The van der Waals surface area contributed by atoms with E-state index in [1.54, 1.807) is 23.0 Å². The fraction of sp³-hybridized carbons (Fsp3) is 0.429. The predicted molar refractivity (Wildman–Crippen MR) is 114 cm³/mol. The normalized spacial score (nSPS) is 20.4. The molecule has 2 atom stereocenters. The van der Waals surface area contributed by atoms with E-state index < -0.39 is 6.09 Å². The van der Waals surface area contributed by atoms with Gasteiger partial charge in [-0.15, -0.1) is 0 Å². The van der Waals surface area contributed by atoms with Crippen molar-refractivity contribution in [2.24, 2.45) is 0 Å². The van der Waals surface area contributed by atoms with E-state index in [-0.39, 0.29) is 18.8 Å². The molecule has 2 aliphatic rings. The first kappa shape index (κ1) is 19.7. The van der Waals surface area contributed by atoms with E-state index in [4.69, 9.17) is 14.7 Å². The number of morpholine rings is 1. The molecule has 2 aromatic heterocycles. The van der Waals surface area contributed by atoms with Crippen LogP contribution in [0.1, 0.15) is 12.8 Å². The first-order valence-electron chi connectivity index (χ1n) is 10.4. The van der Waals surface area contributed by atoms with Crippen LogP contribution < -0.4 is 9.80 Å². The summed E-state index contributed by atoms with van der Waals surface area (Å²) in [5.41, 5.74) is 2.01. The van der Waals surface area contributed by atoms with E-state index in [9.17, 15) is 15.0 Å². The number of fused-ring (bicyclic) bond motifs is 3. The van der Waals surface area contributed by atoms with Crippen molar-refractivity contribution in [3.8, 4) is 11.4 Å². The van der Waals surface area contributed by atoms with Crippen molar-refractivity contribution in [1.82, 2.24) is 19.7 Å². The molecule has 1 amide bonds. The van der Waals surface area contributed by atoms with Crippen molar-refractivity contribution >= 4 is 28.6 Å². The predicted octanol–water partition coefficient (Wildman–Crippen LogP) is 1.97. The maximum atomic E-state index is 11.2. The molecule has 0 spiro atoms. The van der Waals surface area contributed by atoms with Crippen LogP contribution in [0.3, 0.4) is 0 Å². The Balaban J connectivity index is 1.58. The molecule has 162 valence electrons. The molecule has 2 saturated heterocycles. The van der Waals surface area contributed by atoms with Crippen molar-refractivity contribution < 1.29 is 19.7 Å². The molecule has 0 aliphatic carbocycles. The average Bonchev–Trinajstić information content (AvgIpc) is 3.35. The number of carboxylic acid groups (broad SMARTS) is 1. The molecule has 1 aromatic carbocycles. The number of nitrogens with zero attached hydrogens (tertiary/aromatic N) is 6. The third-order valence-corrected chi connectivity index (χ3v) is 5.93. The van der Waals surface area contributed by atoms with E-state index >= 15 is 0 Å². The van der Waals surface area contributed by atoms with Gasteiger partial charge in [-0.1, -0.05) is 0 Å². The quantitative estimate of drug-likeness (QED) is 0.639. The van der Waals surface area contributed by atoms with Gasteiger partial charge in [-0.25, -0.2) is 19.4 Å². The molecular weight excluding hydrogens is 400 g/mol. The number of benzene rings is 1. The molecule has 2 bridgehead atoms. The maximum absolute atomic E-state index is 11.2. The fourth-order valence-corrected chi connectivity index (χ4v) is 4.30. The Kier molecular flexibility index (Phi) is 4.95. The van der Waals surface area contributed by atoms with Gasteiger partial charge in [0.2, 0.25) is 0 Å². The molecule has 5 rings (SSSR count). The van der Waals surface area contributed by atoms with Gasteiger partial charge in [0.15, 0.2) is 11.5 Å². The van der Waals surface area contributed by atoms with Crippen molar-refractivity contribution in [2.75, 3.05) is 36.5 Å². The lowest BCUT2D eigenvalue weighted by Gasteiger charge is -2.33. The minimum absolute atomic E-state index is 0.0383. The topological polar surface area (TPSA) is 117 Å². The Hall–Kier alpha value is -3.24. The molecule has 2 N–H and O–H groups in total. The highest BCUT2D eigenvalue weighted by Gasteiger charge is 2.35. The van der Waals surface area contributed by atoms with Crippen LogP contribution in [0.5, 0.6) is 0 Å².